The summed E-state index contributed by atoms with van der Waals surface area (Å²) in [5.41, 5.74) is 1.37. The fraction of sp³-hybridized carbons (Fsp3) is 0.667. The van der Waals surface area contributed by atoms with E-state index in [1.165, 1.54) is 37.7 Å². The summed E-state index contributed by atoms with van der Waals surface area (Å²) < 4.78 is 5.81. The monoisotopic (exact) mass is 292 g/mol. The van der Waals surface area contributed by atoms with E-state index < -0.39 is 0 Å². The van der Waals surface area contributed by atoms with E-state index in [2.05, 4.69) is 41.0 Å². The lowest BCUT2D eigenvalue weighted by Crippen LogP contribution is -2.32. The second kappa shape index (κ2) is 12.8. The second-order valence-corrected chi connectivity index (χ2v) is 5.62. The molecule has 2 N–H and O–H groups in total. The van der Waals surface area contributed by atoms with Gasteiger partial charge in [-0.25, -0.2) is 0 Å². The van der Waals surface area contributed by atoms with Crippen LogP contribution in [-0.4, -0.2) is 39.9 Å². The van der Waals surface area contributed by atoms with Gasteiger partial charge in [0.1, 0.15) is 0 Å². The van der Waals surface area contributed by atoms with Gasteiger partial charge in [-0.05, 0) is 45.5 Å². The van der Waals surface area contributed by atoms with Crippen LogP contribution in [0.4, 0.5) is 0 Å². The molecule has 21 heavy (non-hydrogen) atoms. The maximum Gasteiger partial charge on any atom is 0.0622 e. The highest BCUT2D eigenvalue weighted by Crippen LogP contribution is 2.05. The molecule has 0 fully saturated rings. The van der Waals surface area contributed by atoms with Crippen LogP contribution in [0.15, 0.2) is 30.3 Å². The molecule has 0 aromatic heterocycles. The van der Waals surface area contributed by atoms with Crippen molar-refractivity contribution in [1.29, 1.82) is 0 Å². The van der Waals surface area contributed by atoms with E-state index in [9.17, 15) is 0 Å². The van der Waals surface area contributed by atoms with Crippen molar-refractivity contribution in [2.75, 3.05) is 33.9 Å². The SMILES string of the molecule is CNCCCCCCCOCC(Cc1ccccc1)NC. The summed E-state index contributed by atoms with van der Waals surface area (Å²) >= 11 is 0. The van der Waals surface area contributed by atoms with Crippen molar-refractivity contribution in [3.05, 3.63) is 35.9 Å². The van der Waals surface area contributed by atoms with Crippen molar-refractivity contribution in [1.82, 2.24) is 10.6 Å². The van der Waals surface area contributed by atoms with Gasteiger partial charge < -0.3 is 15.4 Å². The third-order valence-corrected chi connectivity index (χ3v) is 3.77. The maximum absolute atomic E-state index is 5.81. The molecule has 0 bridgehead atoms. The Balaban J connectivity index is 2.00. The molecule has 0 heterocycles. The van der Waals surface area contributed by atoms with Crippen molar-refractivity contribution in [3.63, 3.8) is 0 Å². The topological polar surface area (TPSA) is 33.3 Å². The number of hydrogen-bond acceptors (Lipinski definition) is 3. The van der Waals surface area contributed by atoms with E-state index in [0.29, 0.717) is 6.04 Å². The van der Waals surface area contributed by atoms with Gasteiger partial charge in [-0.15, -0.1) is 0 Å². The lowest BCUT2D eigenvalue weighted by Gasteiger charge is -2.16. The quantitative estimate of drug-likeness (QED) is 0.548. The smallest absolute Gasteiger partial charge is 0.0622 e. The van der Waals surface area contributed by atoms with Crippen molar-refractivity contribution in [2.45, 2.75) is 44.6 Å². The predicted octanol–water partition coefficient (Wildman–Crippen LogP) is 3.00. The first-order valence-corrected chi connectivity index (χ1v) is 8.30. The van der Waals surface area contributed by atoms with Crippen molar-refractivity contribution >= 4 is 0 Å². The maximum atomic E-state index is 5.81. The van der Waals surface area contributed by atoms with Gasteiger partial charge in [0.15, 0.2) is 0 Å². The van der Waals surface area contributed by atoms with E-state index in [0.717, 1.165) is 26.2 Å². The number of hydrogen-bond donors (Lipinski definition) is 2. The summed E-state index contributed by atoms with van der Waals surface area (Å²) in [4.78, 5) is 0. The number of rotatable bonds is 13. The Morgan fingerprint density at radius 3 is 2.38 bits per heavy atom. The van der Waals surface area contributed by atoms with Crippen LogP contribution in [-0.2, 0) is 11.2 Å². The van der Waals surface area contributed by atoms with E-state index in [-0.39, 0.29) is 0 Å². The Morgan fingerprint density at radius 2 is 1.67 bits per heavy atom. The van der Waals surface area contributed by atoms with E-state index in [1.54, 1.807) is 0 Å². The Hall–Kier alpha value is -0.900. The average Bonchev–Trinajstić information content (AvgIpc) is 2.53. The van der Waals surface area contributed by atoms with Crippen LogP contribution in [0.1, 0.15) is 37.7 Å². The summed E-state index contributed by atoms with van der Waals surface area (Å²) in [6.45, 7) is 2.82. The van der Waals surface area contributed by atoms with Gasteiger partial charge >= 0.3 is 0 Å². The van der Waals surface area contributed by atoms with Gasteiger partial charge in [0.05, 0.1) is 6.61 Å². The molecule has 0 saturated heterocycles. The van der Waals surface area contributed by atoms with Crippen LogP contribution < -0.4 is 10.6 Å². The standard InChI is InChI=1S/C18H32N2O/c1-19-13-9-4-3-5-10-14-21-16-18(20-2)15-17-11-7-6-8-12-17/h6-8,11-12,18-20H,3-5,9-10,13-16H2,1-2H3. The number of unbranched alkanes of at least 4 members (excludes halogenated alkanes) is 4. The van der Waals surface area contributed by atoms with Crippen LogP contribution in [0.3, 0.4) is 0 Å². The molecule has 120 valence electrons. The summed E-state index contributed by atoms with van der Waals surface area (Å²) in [5.74, 6) is 0. The Bertz CT molecular complexity index is 329. The highest BCUT2D eigenvalue weighted by atomic mass is 16.5. The molecule has 0 radical (unpaired) electrons. The fourth-order valence-electron chi connectivity index (χ4n) is 2.40. The third-order valence-electron chi connectivity index (χ3n) is 3.77. The number of likely N-dealkylation sites (N-methyl/N-ethyl adjacent to an activating group) is 1. The van der Waals surface area contributed by atoms with E-state index >= 15 is 0 Å². The van der Waals surface area contributed by atoms with Crippen LogP contribution in [0.5, 0.6) is 0 Å². The molecule has 0 saturated carbocycles. The average molecular weight is 292 g/mol. The van der Waals surface area contributed by atoms with Crippen molar-refractivity contribution in [3.8, 4) is 0 Å². The molecule has 3 nitrogen and oxygen atoms in total. The summed E-state index contributed by atoms with van der Waals surface area (Å²) in [6, 6.07) is 11.0. The normalized spacial score (nSPS) is 12.5. The molecule has 3 heteroatoms. The van der Waals surface area contributed by atoms with E-state index in [1.807, 2.05) is 14.1 Å². The molecular formula is C18H32N2O. The molecule has 0 aliphatic heterocycles. The zero-order valence-corrected chi connectivity index (χ0v) is 13.7. The van der Waals surface area contributed by atoms with Gasteiger partial charge in [-0.2, -0.15) is 0 Å². The van der Waals surface area contributed by atoms with E-state index in [4.69, 9.17) is 4.74 Å². The van der Waals surface area contributed by atoms with Crippen LogP contribution >= 0.6 is 0 Å². The minimum atomic E-state index is 0.406. The second-order valence-electron chi connectivity index (χ2n) is 5.62. The highest BCUT2D eigenvalue weighted by molar-refractivity contribution is 5.15. The summed E-state index contributed by atoms with van der Waals surface area (Å²) in [6.07, 6.45) is 7.43. The van der Waals surface area contributed by atoms with Gasteiger partial charge in [0.2, 0.25) is 0 Å². The fourth-order valence-corrected chi connectivity index (χ4v) is 2.40. The summed E-state index contributed by atoms with van der Waals surface area (Å²) in [7, 11) is 4.03. The first-order valence-electron chi connectivity index (χ1n) is 8.30. The number of benzene rings is 1. The van der Waals surface area contributed by atoms with Crippen LogP contribution in [0.25, 0.3) is 0 Å². The van der Waals surface area contributed by atoms with Crippen LogP contribution in [0.2, 0.25) is 0 Å². The molecule has 1 atom stereocenters. The number of ether oxygens (including phenoxy) is 1. The highest BCUT2D eigenvalue weighted by Gasteiger charge is 2.06. The lowest BCUT2D eigenvalue weighted by atomic mass is 10.1. The molecule has 1 unspecified atom stereocenters. The number of nitrogens with one attached hydrogen (secondary N) is 2. The molecule has 0 amide bonds. The zero-order chi connectivity index (χ0) is 15.2. The minimum Gasteiger partial charge on any atom is -0.380 e. The minimum absolute atomic E-state index is 0.406. The first kappa shape index (κ1) is 18.1. The third kappa shape index (κ3) is 9.62. The molecule has 0 aliphatic carbocycles. The molecule has 0 aliphatic rings. The first-order chi connectivity index (χ1) is 10.4. The molecule has 1 aromatic carbocycles. The van der Waals surface area contributed by atoms with Gasteiger partial charge in [0, 0.05) is 12.6 Å². The Morgan fingerprint density at radius 1 is 0.952 bits per heavy atom. The molecular weight excluding hydrogens is 260 g/mol. The zero-order valence-electron chi connectivity index (χ0n) is 13.7. The Labute approximate surface area is 130 Å². The van der Waals surface area contributed by atoms with Gasteiger partial charge in [-0.1, -0.05) is 49.6 Å². The predicted molar refractivity (Wildman–Crippen MR) is 90.8 cm³/mol. The van der Waals surface area contributed by atoms with Gasteiger partial charge in [-0.3, -0.25) is 0 Å². The molecule has 1 aromatic rings. The van der Waals surface area contributed by atoms with Crippen molar-refractivity contribution < 1.29 is 4.74 Å². The van der Waals surface area contributed by atoms with Crippen LogP contribution in [0, 0.1) is 0 Å². The largest absolute Gasteiger partial charge is 0.380 e. The van der Waals surface area contributed by atoms with Gasteiger partial charge in [0.25, 0.3) is 0 Å². The lowest BCUT2D eigenvalue weighted by molar-refractivity contribution is 0.109. The summed E-state index contributed by atoms with van der Waals surface area (Å²) in [5, 5.41) is 6.53. The molecule has 1 rings (SSSR count). The Kier molecular flexibility index (Phi) is 11.1. The van der Waals surface area contributed by atoms with Crippen molar-refractivity contribution in [2.24, 2.45) is 0 Å². The molecule has 0 spiro atoms.